The highest BCUT2D eigenvalue weighted by molar-refractivity contribution is 8.77. The first-order valence-electron chi connectivity index (χ1n) is 8.85. The molecule has 0 saturated heterocycles. The van der Waals surface area contributed by atoms with E-state index in [9.17, 15) is 0 Å². The van der Waals surface area contributed by atoms with Gasteiger partial charge in [-0.15, -0.1) is 0 Å². The average Bonchev–Trinajstić information content (AvgIpc) is 2.70. The van der Waals surface area contributed by atoms with E-state index in [0.29, 0.717) is 0 Å². The first-order chi connectivity index (χ1) is 12.4. The van der Waals surface area contributed by atoms with E-state index in [-0.39, 0.29) is 4.75 Å². The number of unbranched alkanes of at least 4 members (excludes halogenated alkanes) is 1. The first kappa shape index (κ1) is 18.2. The number of benzene rings is 3. The Balaban J connectivity index is 2.13. The van der Waals surface area contributed by atoms with Gasteiger partial charge in [-0.1, -0.05) is 126 Å². The number of rotatable bonds is 8. The Labute approximate surface area is 159 Å². The summed E-state index contributed by atoms with van der Waals surface area (Å²) in [7, 11) is 3.97. The molecule has 0 radical (unpaired) electrons. The monoisotopic (exact) mass is 364 g/mol. The van der Waals surface area contributed by atoms with Gasteiger partial charge in [-0.25, -0.2) is 0 Å². The Hall–Kier alpha value is -1.64. The van der Waals surface area contributed by atoms with Crippen molar-refractivity contribution < 1.29 is 0 Å². The zero-order valence-corrected chi connectivity index (χ0v) is 16.2. The van der Waals surface area contributed by atoms with Crippen molar-refractivity contribution in [2.75, 3.05) is 5.75 Å². The number of hydrogen-bond donors (Lipinski definition) is 0. The quantitative estimate of drug-likeness (QED) is 0.236. The Morgan fingerprint density at radius 1 is 0.640 bits per heavy atom. The van der Waals surface area contributed by atoms with Crippen LogP contribution in [0.1, 0.15) is 36.5 Å². The molecule has 3 aromatic carbocycles. The lowest BCUT2D eigenvalue weighted by Gasteiger charge is -2.34. The molecule has 0 saturated carbocycles. The lowest BCUT2D eigenvalue weighted by molar-refractivity contribution is 0.895. The van der Waals surface area contributed by atoms with Gasteiger partial charge in [-0.3, -0.25) is 0 Å². The minimum Gasteiger partial charge on any atom is -0.0926 e. The molecule has 0 aromatic heterocycles. The van der Waals surface area contributed by atoms with Crippen LogP contribution in [-0.2, 0) is 4.75 Å². The summed E-state index contributed by atoms with van der Waals surface area (Å²) >= 11 is 0. The molecule has 0 fully saturated rings. The summed E-state index contributed by atoms with van der Waals surface area (Å²) in [6, 6.07) is 32.7. The van der Waals surface area contributed by atoms with Gasteiger partial charge in [0, 0.05) is 5.75 Å². The standard InChI is InChI=1S/C23H24S2/c1-2-3-19-24-25-23(20-13-7-4-8-14-20,21-15-9-5-10-16-21)22-17-11-6-12-18-22/h4-18H,2-3,19H2,1H3. The van der Waals surface area contributed by atoms with Crippen LogP contribution in [0.3, 0.4) is 0 Å². The van der Waals surface area contributed by atoms with E-state index in [1.807, 2.05) is 21.6 Å². The van der Waals surface area contributed by atoms with Gasteiger partial charge in [0.05, 0.1) is 0 Å². The first-order valence-corrected chi connectivity index (χ1v) is 11.2. The summed E-state index contributed by atoms with van der Waals surface area (Å²) in [5.41, 5.74) is 4.00. The topological polar surface area (TPSA) is 0 Å². The molecule has 0 heterocycles. The molecule has 3 rings (SSSR count). The predicted molar refractivity (Wildman–Crippen MR) is 114 cm³/mol. The molecule has 0 N–H and O–H groups in total. The van der Waals surface area contributed by atoms with Crippen LogP contribution in [0, 0.1) is 0 Å². The van der Waals surface area contributed by atoms with Gasteiger partial charge >= 0.3 is 0 Å². The fourth-order valence-electron chi connectivity index (χ4n) is 3.00. The Kier molecular flexibility index (Phi) is 6.66. The normalized spacial score (nSPS) is 11.4. The summed E-state index contributed by atoms with van der Waals surface area (Å²) in [4.78, 5) is 0. The Morgan fingerprint density at radius 2 is 1.04 bits per heavy atom. The van der Waals surface area contributed by atoms with Crippen molar-refractivity contribution in [3.05, 3.63) is 108 Å². The minimum atomic E-state index is -0.192. The summed E-state index contributed by atoms with van der Waals surface area (Å²) < 4.78 is -0.192. The summed E-state index contributed by atoms with van der Waals surface area (Å²) in [5, 5.41) is 0. The highest BCUT2D eigenvalue weighted by Gasteiger charge is 2.37. The highest BCUT2D eigenvalue weighted by Crippen LogP contribution is 2.53. The Bertz CT molecular complexity index is 642. The maximum Gasteiger partial charge on any atom is 0.101 e. The van der Waals surface area contributed by atoms with Crippen LogP contribution in [0.25, 0.3) is 0 Å². The van der Waals surface area contributed by atoms with Gasteiger partial charge in [0.1, 0.15) is 4.75 Å². The van der Waals surface area contributed by atoms with Gasteiger partial charge in [0.2, 0.25) is 0 Å². The van der Waals surface area contributed by atoms with Crippen LogP contribution in [0.2, 0.25) is 0 Å². The fourth-order valence-corrected chi connectivity index (χ4v) is 6.36. The summed E-state index contributed by atoms with van der Waals surface area (Å²) in [6.07, 6.45) is 2.49. The van der Waals surface area contributed by atoms with Crippen molar-refractivity contribution in [1.29, 1.82) is 0 Å². The maximum absolute atomic E-state index is 2.26. The molecule has 0 nitrogen and oxygen atoms in total. The molecular formula is C23H24S2. The molecule has 2 heteroatoms. The molecule has 0 aliphatic carbocycles. The average molecular weight is 365 g/mol. The van der Waals surface area contributed by atoms with E-state index in [1.54, 1.807) is 0 Å². The van der Waals surface area contributed by atoms with Crippen molar-refractivity contribution in [2.45, 2.75) is 24.5 Å². The second kappa shape index (κ2) is 9.17. The third-order valence-corrected chi connectivity index (χ3v) is 7.44. The van der Waals surface area contributed by atoms with E-state index < -0.39 is 0 Å². The van der Waals surface area contributed by atoms with E-state index in [1.165, 1.54) is 35.3 Å². The van der Waals surface area contributed by atoms with Crippen LogP contribution in [-0.4, -0.2) is 5.75 Å². The Morgan fingerprint density at radius 3 is 1.40 bits per heavy atom. The van der Waals surface area contributed by atoms with Crippen LogP contribution in [0.4, 0.5) is 0 Å². The van der Waals surface area contributed by atoms with E-state index in [2.05, 4.69) is 97.9 Å². The fraction of sp³-hybridized carbons (Fsp3) is 0.217. The maximum atomic E-state index is 2.26. The summed E-state index contributed by atoms with van der Waals surface area (Å²) in [6.45, 7) is 2.25. The minimum absolute atomic E-state index is 0.192. The predicted octanol–water partition coefficient (Wildman–Crippen LogP) is 7.16. The molecule has 0 unspecified atom stereocenters. The molecule has 0 atom stereocenters. The van der Waals surface area contributed by atoms with Crippen molar-refractivity contribution in [3.8, 4) is 0 Å². The van der Waals surface area contributed by atoms with Gasteiger partial charge in [-0.2, -0.15) is 0 Å². The SMILES string of the molecule is CCCCSSC(c1ccccc1)(c1ccccc1)c1ccccc1. The van der Waals surface area contributed by atoms with Crippen LogP contribution >= 0.6 is 21.6 Å². The lowest BCUT2D eigenvalue weighted by Crippen LogP contribution is -2.24. The molecule has 3 aromatic rings. The molecule has 25 heavy (non-hydrogen) atoms. The molecule has 128 valence electrons. The largest absolute Gasteiger partial charge is 0.101 e. The van der Waals surface area contributed by atoms with Gasteiger partial charge in [0.25, 0.3) is 0 Å². The van der Waals surface area contributed by atoms with Gasteiger partial charge in [-0.05, 0) is 23.1 Å². The molecule has 0 aliphatic rings. The van der Waals surface area contributed by atoms with E-state index >= 15 is 0 Å². The van der Waals surface area contributed by atoms with Crippen molar-refractivity contribution in [1.82, 2.24) is 0 Å². The van der Waals surface area contributed by atoms with Crippen LogP contribution < -0.4 is 0 Å². The lowest BCUT2D eigenvalue weighted by atomic mass is 9.84. The molecular weight excluding hydrogens is 340 g/mol. The van der Waals surface area contributed by atoms with Gasteiger partial charge < -0.3 is 0 Å². The van der Waals surface area contributed by atoms with E-state index in [0.717, 1.165) is 0 Å². The van der Waals surface area contributed by atoms with E-state index in [4.69, 9.17) is 0 Å². The van der Waals surface area contributed by atoms with Crippen molar-refractivity contribution in [3.63, 3.8) is 0 Å². The molecule has 0 bridgehead atoms. The van der Waals surface area contributed by atoms with Crippen LogP contribution in [0.15, 0.2) is 91.0 Å². The van der Waals surface area contributed by atoms with Gasteiger partial charge in [0.15, 0.2) is 0 Å². The highest BCUT2D eigenvalue weighted by atomic mass is 33.1. The smallest absolute Gasteiger partial charge is 0.0926 e. The number of hydrogen-bond acceptors (Lipinski definition) is 2. The molecule has 0 spiro atoms. The third kappa shape index (κ3) is 4.13. The van der Waals surface area contributed by atoms with Crippen LogP contribution in [0.5, 0.6) is 0 Å². The zero-order valence-electron chi connectivity index (χ0n) is 14.6. The second-order valence-electron chi connectivity index (χ2n) is 6.04. The summed E-state index contributed by atoms with van der Waals surface area (Å²) in [5.74, 6) is 1.18. The zero-order chi connectivity index (χ0) is 17.4. The van der Waals surface area contributed by atoms with Crippen molar-refractivity contribution >= 4 is 21.6 Å². The van der Waals surface area contributed by atoms with Crippen molar-refractivity contribution in [2.24, 2.45) is 0 Å². The molecule has 0 amide bonds. The second-order valence-corrected chi connectivity index (χ2v) is 8.67. The molecule has 0 aliphatic heterocycles. The third-order valence-electron chi connectivity index (χ3n) is 4.31.